The van der Waals surface area contributed by atoms with Crippen LogP contribution in [-0.4, -0.2) is 67.3 Å². The van der Waals surface area contributed by atoms with E-state index in [0.717, 1.165) is 17.9 Å². The molecule has 5 nitrogen and oxygen atoms in total. The van der Waals surface area contributed by atoms with Crippen LogP contribution in [0.4, 0.5) is 0 Å². The lowest BCUT2D eigenvalue weighted by Crippen LogP contribution is -2.47. The van der Waals surface area contributed by atoms with Gasteiger partial charge < -0.3 is 23.7 Å². The van der Waals surface area contributed by atoms with Crippen molar-refractivity contribution in [2.45, 2.75) is 101 Å². The molecule has 2 rings (SSSR count). The van der Waals surface area contributed by atoms with Crippen LogP contribution in [-0.2, 0) is 25.2 Å². The fourth-order valence-electron chi connectivity index (χ4n) is 3.67. The lowest BCUT2D eigenvalue weighted by Gasteiger charge is -2.44. The molecule has 0 saturated carbocycles. The molecule has 202 valence electrons. The molecule has 0 amide bonds. The molecule has 0 aliphatic carbocycles. The van der Waals surface area contributed by atoms with Crippen molar-refractivity contribution in [3.05, 3.63) is 35.9 Å². The predicted molar refractivity (Wildman–Crippen MR) is 153 cm³/mol. The third-order valence-corrected chi connectivity index (χ3v) is 14.8. The number of hydrogen-bond acceptors (Lipinski definition) is 7. The average molecular weight is 545 g/mol. The largest absolute Gasteiger partial charge is 0.412 e. The van der Waals surface area contributed by atoms with E-state index in [0.29, 0.717) is 19.6 Å². The SMILES string of the molecule is COC(C)(C)OC[C@H](O)CC1(C[C@H](COCc2ccccc2)O[Si](C)(C)C(C)(C)C)SCCCS1. The van der Waals surface area contributed by atoms with Crippen molar-refractivity contribution in [2.75, 3.05) is 31.8 Å². The van der Waals surface area contributed by atoms with Crippen LogP contribution in [0.3, 0.4) is 0 Å². The summed E-state index contributed by atoms with van der Waals surface area (Å²) in [5.41, 5.74) is 1.17. The molecule has 1 saturated heterocycles. The first-order valence-electron chi connectivity index (χ1n) is 12.7. The molecule has 1 aliphatic rings. The van der Waals surface area contributed by atoms with E-state index in [1.165, 1.54) is 12.0 Å². The number of thioether (sulfide) groups is 2. The van der Waals surface area contributed by atoms with Gasteiger partial charge in [-0.3, -0.25) is 0 Å². The maximum atomic E-state index is 11.0. The van der Waals surface area contributed by atoms with Crippen molar-refractivity contribution >= 4 is 31.8 Å². The van der Waals surface area contributed by atoms with Gasteiger partial charge in [0.15, 0.2) is 14.1 Å². The first-order valence-corrected chi connectivity index (χ1v) is 17.6. The van der Waals surface area contributed by atoms with Crippen molar-refractivity contribution in [1.29, 1.82) is 0 Å². The zero-order valence-electron chi connectivity index (χ0n) is 23.1. The molecule has 0 spiro atoms. The van der Waals surface area contributed by atoms with Gasteiger partial charge in [-0.25, -0.2) is 0 Å². The molecule has 1 heterocycles. The van der Waals surface area contributed by atoms with Crippen LogP contribution in [0.1, 0.15) is 59.4 Å². The summed E-state index contributed by atoms with van der Waals surface area (Å²) in [5, 5.41) is 11.1. The molecule has 2 atom stereocenters. The molecular weight excluding hydrogens is 497 g/mol. The van der Waals surface area contributed by atoms with Crippen molar-refractivity contribution in [1.82, 2.24) is 0 Å². The van der Waals surface area contributed by atoms with Crippen LogP contribution in [0.15, 0.2) is 30.3 Å². The van der Waals surface area contributed by atoms with Gasteiger partial charge in [0.25, 0.3) is 0 Å². The molecule has 1 aromatic carbocycles. The van der Waals surface area contributed by atoms with E-state index in [1.54, 1.807) is 7.11 Å². The molecule has 1 N–H and O–H groups in total. The van der Waals surface area contributed by atoms with Crippen molar-refractivity contribution in [3.8, 4) is 0 Å². The summed E-state index contributed by atoms with van der Waals surface area (Å²) in [6.45, 7) is 16.6. The predicted octanol–water partition coefficient (Wildman–Crippen LogP) is 6.70. The monoisotopic (exact) mass is 544 g/mol. The Morgan fingerprint density at radius 3 is 2.20 bits per heavy atom. The normalized spacial score (nSPS) is 18.9. The Bertz CT molecular complexity index is 733. The maximum absolute atomic E-state index is 11.0. The van der Waals surface area contributed by atoms with Crippen molar-refractivity contribution in [2.24, 2.45) is 0 Å². The minimum atomic E-state index is -2.00. The molecule has 35 heavy (non-hydrogen) atoms. The van der Waals surface area contributed by atoms with Gasteiger partial charge in [-0.15, -0.1) is 23.5 Å². The molecule has 0 aromatic heterocycles. The molecule has 0 bridgehead atoms. The molecule has 0 unspecified atom stereocenters. The summed E-state index contributed by atoms with van der Waals surface area (Å²) in [6, 6.07) is 10.3. The minimum Gasteiger partial charge on any atom is -0.412 e. The second kappa shape index (κ2) is 13.6. The number of methoxy groups -OCH3 is 1. The number of hydrogen-bond donors (Lipinski definition) is 1. The van der Waals surface area contributed by atoms with Gasteiger partial charge in [-0.1, -0.05) is 51.1 Å². The lowest BCUT2D eigenvalue weighted by molar-refractivity contribution is -0.209. The van der Waals surface area contributed by atoms with Gasteiger partial charge in [0.1, 0.15) is 0 Å². The second-order valence-corrected chi connectivity index (χ2v) is 19.4. The van der Waals surface area contributed by atoms with E-state index >= 15 is 0 Å². The summed E-state index contributed by atoms with van der Waals surface area (Å²) in [5.74, 6) is 1.49. The number of aliphatic hydroxyl groups is 1. The molecule has 0 radical (unpaired) electrons. The minimum absolute atomic E-state index is 0.0266. The highest BCUT2D eigenvalue weighted by Crippen LogP contribution is 2.50. The average Bonchev–Trinajstić information content (AvgIpc) is 2.78. The molecule has 1 fully saturated rings. The highest BCUT2D eigenvalue weighted by molar-refractivity contribution is 8.18. The van der Waals surface area contributed by atoms with E-state index in [9.17, 15) is 5.11 Å². The number of ether oxygens (including phenoxy) is 3. The third kappa shape index (κ3) is 10.7. The Morgan fingerprint density at radius 2 is 1.63 bits per heavy atom. The molecule has 8 heteroatoms. The summed E-state index contributed by atoms with van der Waals surface area (Å²) < 4.78 is 24.2. The molecule has 1 aromatic rings. The summed E-state index contributed by atoms with van der Waals surface area (Å²) >= 11 is 3.93. The topological polar surface area (TPSA) is 57.2 Å². The fraction of sp³-hybridized carbons (Fsp3) is 0.778. The van der Waals surface area contributed by atoms with Crippen LogP contribution >= 0.6 is 23.5 Å². The van der Waals surface area contributed by atoms with E-state index < -0.39 is 20.2 Å². The highest BCUT2D eigenvalue weighted by Gasteiger charge is 2.43. The maximum Gasteiger partial charge on any atom is 0.192 e. The number of benzene rings is 1. The van der Waals surface area contributed by atoms with Crippen LogP contribution in [0.5, 0.6) is 0 Å². The number of rotatable bonds is 14. The summed E-state index contributed by atoms with van der Waals surface area (Å²) in [4.78, 5) is 0. The Labute approximate surface area is 223 Å². The standard InChI is InChI=1S/C27H48O5S2Si/c1-25(2,3)35(7,8)32-24(21-30-19-22-13-10-9-11-14-22)18-27(33-15-12-16-34-27)17-23(28)20-31-26(4,5)29-6/h9-11,13-14,23-24,28H,12,15-21H2,1-8H3/t23-,24-/m1/s1. The smallest absolute Gasteiger partial charge is 0.192 e. The van der Waals surface area contributed by atoms with Gasteiger partial charge in [0.2, 0.25) is 0 Å². The lowest BCUT2D eigenvalue weighted by atomic mass is 10.1. The highest BCUT2D eigenvalue weighted by atomic mass is 32.2. The van der Waals surface area contributed by atoms with Crippen molar-refractivity contribution in [3.63, 3.8) is 0 Å². The Hall–Kier alpha value is -0.0631. The fourth-order valence-corrected chi connectivity index (χ4v) is 8.57. The Morgan fingerprint density at radius 1 is 1.00 bits per heavy atom. The van der Waals surface area contributed by atoms with Crippen molar-refractivity contribution < 1.29 is 23.7 Å². The van der Waals surface area contributed by atoms with Crippen LogP contribution in [0.2, 0.25) is 18.1 Å². The van der Waals surface area contributed by atoms with Gasteiger partial charge in [0.05, 0.1) is 36.1 Å². The number of aliphatic hydroxyl groups excluding tert-OH is 1. The van der Waals surface area contributed by atoms with Gasteiger partial charge in [-0.05, 0) is 68.3 Å². The van der Waals surface area contributed by atoms with E-state index in [1.807, 2.05) is 55.6 Å². The zero-order valence-corrected chi connectivity index (χ0v) is 25.7. The first-order chi connectivity index (χ1) is 16.3. The Kier molecular flexibility index (Phi) is 12.1. The van der Waals surface area contributed by atoms with E-state index in [-0.39, 0.29) is 21.8 Å². The van der Waals surface area contributed by atoms with Gasteiger partial charge in [0, 0.05) is 7.11 Å². The quantitative estimate of drug-likeness (QED) is 0.207. The first kappa shape index (κ1) is 31.2. The Balaban J connectivity index is 2.13. The van der Waals surface area contributed by atoms with Gasteiger partial charge in [-0.2, -0.15) is 0 Å². The van der Waals surface area contributed by atoms with E-state index in [2.05, 4.69) is 46.0 Å². The third-order valence-electron chi connectivity index (χ3n) is 6.90. The van der Waals surface area contributed by atoms with Crippen LogP contribution < -0.4 is 0 Å². The van der Waals surface area contributed by atoms with Gasteiger partial charge >= 0.3 is 0 Å². The summed E-state index contributed by atoms with van der Waals surface area (Å²) in [6.07, 6.45) is 2.09. The second-order valence-electron chi connectivity index (χ2n) is 11.4. The van der Waals surface area contributed by atoms with Crippen LogP contribution in [0.25, 0.3) is 0 Å². The summed E-state index contributed by atoms with van der Waals surface area (Å²) in [7, 11) is -0.378. The zero-order chi connectivity index (χ0) is 26.2. The van der Waals surface area contributed by atoms with Crippen LogP contribution in [0, 0.1) is 0 Å². The molecular formula is C27H48O5S2Si. The van der Waals surface area contributed by atoms with E-state index in [4.69, 9.17) is 18.6 Å². The molecule has 1 aliphatic heterocycles.